The summed E-state index contributed by atoms with van der Waals surface area (Å²) in [7, 11) is 2.03. The van der Waals surface area contributed by atoms with Crippen molar-refractivity contribution >= 4 is 28.5 Å². The van der Waals surface area contributed by atoms with Crippen LogP contribution in [0.3, 0.4) is 0 Å². The highest BCUT2D eigenvalue weighted by Gasteiger charge is 2.22. The van der Waals surface area contributed by atoms with E-state index >= 15 is 0 Å². The van der Waals surface area contributed by atoms with Gasteiger partial charge in [-0.2, -0.15) is 0 Å². The van der Waals surface area contributed by atoms with Crippen molar-refractivity contribution in [1.82, 2.24) is 14.5 Å². The summed E-state index contributed by atoms with van der Waals surface area (Å²) in [6.07, 6.45) is 5.25. The number of anilines is 1. The number of rotatable bonds is 5. The first-order chi connectivity index (χ1) is 13.2. The molecule has 0 atom stereocenters. The number of fused-ring (bicyclic) bond motifs is 1. The number of hydrogen-bond acceptors (Lipinski definition) is 4. The lowest BCUT2D eigenvalue weighted by Gasteiger charge is -2.33. The van der Waals surface area contributed by atoms with Crippen LogP contribution < -0.4 is 4.90 Å². The van der Waals surface area contributed by atoms with Gasteiger partial charge in [0.1, 0.15) is 11.6 Å². The van der Waals surface area contributed by atoms with E-state index in [-0.39, 0.29) is 0 Å². The Balaban J connectivity index is 1.60. The zero-order valence-electron chi connectivity index (χ0n) is 15.9. The number of piperidine rings is 1. The van der Waals surface area contributed by atoms with E-state index in [2.05, 4.69) is 33.5 Å². The Bertz CT molecular complexity index is 931. The fourth-order valence-electron chi connectivity index (χ4n) is 3.69. The van der Waals surface area contributed by atoms with Gasteiger partial charge in [-0.15, -0.1) is 0 Å². The van der Waals surface area contributed by atoms with Crippen molar-refractivity contribution in [2.75, 3.05) is 24.6 Å². The number of halogens is 1. The number of aromatic nitrogens is 3. The molecule has 1 aliphatic heterocycles. The van der Waals surface area contributed by atoms with Gasteiger partial charge >= 0.3 is 0 Å². The third-order valence-corrected chi connectivity index (χ3v) is 5.49. The van der Waals surface area contributed by atoms with Crippen LogP contribution in [0.1, 0.15) is 26.2 Å². The maximum atomic E-state index is 6.50. The molecule has 3 aromatic rings. The molecular weight excluding hydrogens is 360 g/mol. The molecule has 1 aliphatic rings. The van der Waals surface area contributed by atoms with Crippen LogP contribution in [0.15, 0.2) is 36.5 Å². The largest absolute Gasteiger partial charge is 0.378 e. The van der Waals surface area contributed by atoms with E-state index in [1.165, 1.54) is 0 Å². The van der Waals surface area contributed by atoms with Crippen LogP contribution in [0.2, 0.25) is 5.02 Å². The molecule has 0 radical (unpaired) electrons. The van der Waals surface area contributed by atoms with Crippen molar-refractivity contribution < 1.29 is 4.74 Å². The second-order valence-electron chi connectivity index (χ2n) is 7.06. The first-order valence-electron chi connectivity index (χ1n) is 9.61. The molecule has 142 valence electrons. The minimum absolute atomic E-state index is 0.368. The summed E-state index contributed by atoms with van der Waals surface area (Å²) >= 11 is 6.50. The lowest BCUT2D eigenvalue weighted by Crippen LogP contribution is -2.37. The summed E-state index contributed by atoms with van der Waals surface area (Å²) in [6, 6.07) is 10.2. The fraction of sp³-hybridized carbons (Fsp3) is 0.429. The van der Waals surface area contributed by atoms with Gasteiger partial charge in [-0.1, -0.05) is 30.7 Å². The Morgan fingerprint density at radius 2 is 2.00 bits per heavy atom. The first kappa shape index (κ1) is 18.3. The topological polar surface area (TPSA) is 43.2 Å². The maximum absolute atomic E-state index is 6.50. The predicted molar refractivity (Wildman–Crippen MR) is 110 cm³/mol. The van der Waals surface area contributed by atoms with Crippen LogP contribution >= 0.6 is 11.6 Å². The van der Waals surface area contributed by atoms with Crippen molar-refractivity contribution in [2.24, 2.45) is 7.05 Å². The van der Waals surface area contributed by atoms with E-state index in [9.17, 15) is 0 Å². The van der Waals surface area contributed by atoms with Crippen LogP contribution in [0, 0.1) is 0 Å². The van der Waals surface area contributed by atoms with Crippen molar-refractivity contribution in [1.29, 1.82) is 0 Å². The average Bonchev–Trinajstić information content (AvgIpc) is 3.04. The monoisotopic (exact) mass is 384 g/mol. The minimum atomic E-state index is 0.368. The summed E-state index contributed by atoms with van der Waals surface area (Å²) in [4.78, 5) is 11.7. The van der Waals surface area contributed by atoms with Crippen LogP contribution in [0.25, 0.3) is 22.4 Å². The number of para-hydroxylation sites is 2. The number of ether oxygens (including phenoxy) is 1. The highest BCUT2D eigenvalue weighted by atomic mass is 35.5. The second kappa shape index (κ2) is 7.87. The smallest absolute Gasteiger partial charge is 0.142 e. The lowest BCUT2D eigenvalue weighted by atomic mass is 10.1. The van der Waals surface area contributed by atoms with E-state index in [1.807, 2.05) is 25.2 Å². The molecule has 0 saturated carbocycles. The number of benzene rings is 1. The molecule has 0 spiro atoms. The second-order valence-corrected chi connectivity index (χ2v) is 7.47. The molecule has 4 rings (SSSR count). The van der Waals surface area contributed by atoms with E-state index in [0.717, 1.165) is 67.2 Å². The molecule has 2 aromatic heterocycles. The summed E-state index contributed by atoms with van der Waals surface area (Å²) < 4.78 is 7.98. The van der Waals surface area contributed by atoms with Crippen molar-refractivity contribution in [3.05, 3.63) is 41.6 Å². The number of aryl methyl sites for hydroxylation is 1. The molecule has 1 saturated heterocycles. The maximum Gasteiger partial charge on any atom is 0.142 e. The van der Waals surface area contributed by atoms with E-state index < -0.39 is 0 Å². The third kappa shape index (κ3) is 3.66. The Labute approximate surface area is 164 Å². The Morgan fingerprint density at radius 3 is 2.74 bits per heavy atom. The van der Waals surface area contributed by atoms with Gasteiger partial charge in [0.15, 0.2) is 0 Å². The fourth-order valence-corrected chi connectivity index (χ4v) is 3.88. The normalized spacial score (nSPS) is 15.6. The number of imidazole rings is 1. The highest BCUT2D eigenvalue weighted by Crippen LogP contribution is 2.32. The molecule has 6 heteroatoms. The van der Waals surface area contributed by atoms with E-state index in [4.69, 9.17) is 21.3 Å². The summed E-state index contributed by atoms with van der Waals surface area (Å²) in [6.45, 7) is 4.89. The third-order valence-electron chi connectivity index (χ3n) is 5.19. The van der Waals surface area contributed by atoms with Crippen molar-refractivity contribution in [3.8, 4) is 11.4 Å². The number of hydrogen-bond donors (Lipinski definition) is 0. The Hall–Kier alpha value is -2.11. The molecule has 0 amide bonds. The molecule has 0 bridgehead atoms. The van der Waals surface area contributed by atoms with Gasteiger partial charge in [-0.3, -0.25) is 0 Å². The van der Waals surface area contributed by atoms with Gasteiger partial charge < -0.3 is 14.2 Å². The molecule has 1 aromatic carbocycles. The van der Waals surface area contributed by atoms with Crippen molar-refractivity contribution in [2.45, 2.75) is 32.3 Å². The zero-order valence-corrected chi connectivity index (χ0v) is 16.6. The van der Waals surface area contributed by atoms with Gasteiger partial charge in [0.2, 0.25) is 0 Å². The molecule has 27 heavy (non-hydrogen) atoms. The SMILES string of the molecule is CCCOC1CCN(c2cc(-c3nc4ccccc4n3C)c(Cl)cn2)CC1. The summed E-state index contributed by atoms with van der Waals surface area (Å²) in [5.74, 6) is 1.82. The molecule has 0 aliphatic carbocycles. The molecule has 5 nitrogen and oxygen atoms in total. The minimum Gasteiger partial charge on any atom is -0.378 e. The predicted octanol–water partition coefficient (Wildman–Crippen LogP) is 4.68. The Morgan fingerprint density at radius 1 is 1.22 bits per heavy atom. The van der Waals surface area contributed by atoms with Crippen LogP contribution in [0.4, 0.5) is 5.82 Å². The first-order valence-corrected chi connectivity index (χ1v) is 9.99. The Kier molecular flexibility index (Phi) is 5.32. The quantitative estimate of drug-likeness (QED) is 0.640. The summed E-state index contributed by atoms with van der Waals surface area (Å²) in [5.41, 5.74) is 2.99. The average molecular weight is 385 g/mol. The van der Waals surface area contributed by atoms with Crippen molar-refractivity contribution in [3.63, 3.8) is 0 Å². The standard InChI is InChI=1S/C21H25ClN4O/c1-3-12-27-15-8-10-26(11-9-15)20-13-16(17(22)14-23-20)21-24-18-6-4-5-7-19(18)25(21)2/h4-7,13-15H,3,8-12H2,1-2H3. The van der Waals surface area contributed by atoms with Gasteiger partial charge in [-0.25, -0.2) is 9.97 Å². The van der Waals surface area contributed by atoms with Gasteiger partial charge in [0, 0.05) is 38.5 Å². The van der Waals surface area contributed by atoms with Crippen LogP contribution in [-0.4, -0.2) is 40.3 Å². The van der Waals surface area contributed by atoms with E-state index in [1.54, 1.807) is 6.20 Å². The van der Waals surface area contributed by atoms with Gasteiger partial charge in [-0.05, 0) is 37.5 Å². The van der Waals surface area contributed by atoms with Gasteiger partial charge in [0.05, 0.1) is 22.2 Å². The van der Waals surface area contributed by atoms with E-state index in [0.29, 0.717) is 11.1 Å². The molecule has 0 unspecified atom stereocenters. The summed E-state index contributed by atoms with van der Waals surface area (Å²) in [5, 5.41) is 0.623. The van der Waals surface area contributed by atoms with Crippen LogP contribution in [0.5, 0.6) is 0 Å². The van der Waals surface area contributed by atoms with Crippen LogP contribution in [-0.2, 0) is 11.8 Å². The van der Waals surface area contributed by atoms with Gasteiger partial charge in [0.25, 0.3) is 0 Å². The number of nitrogens with zero attached hydrogens (tertiary/aromatic N) is 4. The molecule has 0 N–H and O–H groups in total. The number of pyridine rings is 1. The lowest BCUT2D eigenvalue weighted by molar-refractivity contribution is 0.0374. The molecule has 1 fully saturated rings. The molecule has 3 heterocycles. The molecular formula is C21H25ClN4O. The zero-order chi connectivity index (χ0) is 18.8. The highest BCUT2D eigenvalue weighted by molar-refractivity contribution is 6.33.